The fraction of sp³-hybridized carbons (Fsp3) is 0.0769. The lowest BCUT2D eigenvalue weighted by molar-refractivity contribution is 0.582. The summed E-state index contributed by atoms with van der Waals surface area (Å²) in [6.07, 6.45) is 0. The van der Waals surface area contributed by atoms with Crippen molar-refractivity contribution >= 4 is 21.4 Å². The second kappa shape index (κ2) is 5.28. The molecule has 2 aromatic rings. The zero-order valence-corrected chi connectivity index (χ0v) is 11.6. The fourth-order valence-electron chi connectivity index (χ4n) is 1.75. The number of aryl methyl sites for hydroxylation is 1. The van der Waals surface area contributed by atoms with E-state index in [1.165, 1.54) is 13.0 Å². The normalized spacial score (nSPS) is 11.4. The van der Waals surface area contributed by atoms with E-state index in [2.05, 4.69) is 0 Å². The summed E-state index contributed by atoms with van der Waals surface area (Å²) in [6, 6.07) is 4.44. The zero-order valence-electron chi connectivity index (χ0n) is 10.8. The first-order valence-electron chi connectivity index (χ1n) is 5.74. The van der Waals surface area contributed by atoms with Crippen LogP contribution in [0.1, 0.15) is 5.56 Å². The summed E-state index contributed by atoms with van der Waals surface area (Å²) in [5.74, 6) is -2.85. The van der Waals surface area contributed by atoms with Crippen molar-refractivity contribution in [1.29, 1.82) is 0 Å². The average Bonchev–Trinajstić information content (AvgIpc) is 2.36. The van der Waals surface area contributed by atoms with Crippen molar-refractivity contribution in [3.63, 3.8) is 0 Å². The summed E-state index contributed by atoms with van der Waals surface area (Å²) in [7, 11) is -4.26. The minimum absolute atomic E-state index is 0.269. The summed E-state index contributed by atoms with van der Waals surface area (Å²) in [4.78, 5) is -0.356. The minimum Gasteiger partial charge on any atom is -0.397 e. The molecule has 0 heterocycles. The van der Waals surface area contributed by atoms with Crippen molar-refractivity contribution in [3.05, 3.63) is 53.3 Å². The molecule has 4 nitrogen and oxygen atoms in total. The molecule has 8 heteroatoms. The molecule has 3 N–H and O–H groups in total. The van der Waals surface area contributed by atoms with Gasteiger partial charge in [-0.3, -0.25) is 4.72 Å². The molecule has 0 aliphatic carbocycles. The van der Waals surface area contributed by atoms with Crippen LogP contribution in [-0.4, -0.2) is 8.42 Å². The quantitative estimate of drug-likeness (QED) is 0.855. The molecule has 0 atom stereocenters. The molecule has 0 spiro atoms. The number of halogens is 3. The average molecular weight is 316 g/mol. The number of anilines is 2. The van der Waals surface area contributed by atoms with E-state index < -0.39 is 38.8 Å². The Morgan fingerprint density at radius 2 is 1.71 bits per heavy atom. The van der Waals surface area contributed by atoms with Crippen LogP contribution in [0.25, 0.3) is 0 Å². The van der Waals surface area contributed by atoms with Gasteiger partial charge >= 0.3 is 0 Å². The molecule has 0 unspecified atom stereocenters. The van der Waals surface area contributed by atoms with E-state index >= 15 is 0 Å². The number of rotatable bonds is 3. The van der Waals surface area contributed by atoms with Gasteiger partial charge in [0.1, 0.15) is 17.3 Å². The van der Waals surface area contributed by atoms with Crippen LogP contribution in [0.3, 0.4) is 0 Å². The van der Waals surface area contributed by atoms with Crippen LogP contribution in [0.2, 0.25) is 0 Å². The minimum atomic E-state index is -4.26. The van der Waals surface area contributed by atoms with Crippen molar-refractivity contribution in [2.45, 2.75) is 11.8 Å². The molecule has 2 rings (SSSR count). The molecule has 2 aromatic carbocycles. The predicted molar refractivity (Wildman–Crippen MR) is 72.7 cm³/mol. The van der Waals surface area contributed by atoms with Crippen molar-refractivity contribution in [3.8, 4) is 0 Å². The molecule has 0 aromatic heterocycles. The fourth-order valence-corrected chi connectivity index (χ4v) is 3.11. The Morgan fingerprint density at radius 3 is 2.33 bits per heavy atom. The van der Waals surface area contributed by atoms with Gasteiger partial charge in [-0.15, -0.1) is 0 Å². The Bertz CT molecular complexity index is 784. The lowest BCUT2D eigenvalue weighted by Crippen LogP contribution is -2.17. The Labute approximate surface area is 119 Å². The van der Waals surface area contributed by atoms with Crippen molar-refractivity contribution in [2.24, 2.45) is 0 Å². The maximum Gasteiger partial charge on any atom is 0.262 e. The van der Waals surface area contributed by atoms with Crippen LogP contribution in [-0.2, 0) is 10.0 Å². The lowest BCUT2D eigenvalue weighted by Gasteiger charge is -2.13. The van der Waals surface area contributed by atoms with Gasteiger partial charge in [0.15, 0.2) is 5.82 Å². The number of nitrogens with one attached hydrogen (secondary N) is 1. The third-order valence-corrected chi connectivity index (χ3v) is 4.25. The smallest absolute Gasteiger partial charge is 0.262 e. The molecule has 112 valence electrons. The van der Waals surface area contributed by atoms with E-state index in [1.54, 1.807) is 0 Å². The molecule has 0 saturated heterocycles. The molecule has 21 heavy (non-hydrogen) atoms. The topological polar surface area (TPSA) is 72.2 Å². The van der Waals surface area contributed by atoms with Crippen molar-refractivity contribution in [1.82, 2.24) is 0 Å². The highest BCUT2D eigenvalue weighted by molar-refractivity contribution is 7.92. The second-order valence-electron chi connectivity index (χ2n) is 4.37. The van der Waals surface area contributed by atoms with Crippen molar-refractivity contribution < 1.29 is 21.6 Å². The van der Waals surface area contributed by atoms with Gasteiger partial charge < -0.3 is 5.73 Å². The summed E-state index contributed by atoms with van der Waals surface area (Å²) >= 11 is 0. The van der Waals surface area contributed by atoms with Crippen LogP contribution in [0.5, 0.6) is 0 Å². The van der Waals surface area contributed by atoms with E-state index in [1.807, 2.05) is 4.72 Å². The molecule has 0 aliphatic heterocycles. The Kier molecular flexibility index (Phi) is 3.82. The molecular formula is C13H11F3N2O2S. The summed E-state index contributed by atoms with van der Waals surface area (Å²) in [6.45, 7) is 1.46. The molecule has 0 radical (unpaired) electrons. The Morgan fingerprint density at radius 1 is 1.05 bits per heavy atom. The largest absolute Gasteiger partial charge is 0.397 e. The highest BCUT2D eigenvalue weighted by Crippen LogP contribution is 2.27. The van der Waals surface area contributed by atoms with Gasteiger partial charge in [-0.25, -0.2) is 21.6 Å². The van der Waals surface area contributed by atoms with Gasteiger partial charge in [0.05, 0.1) is 10.6 Å². The molecular weight excluding hydrogens is 305 g/mol. The van der Waals surface area contributed by atoms with E-state index in [0.717, 1.165) is 18.2 Å². The zero-order chi connectivity index (χ0) is 15.8. The Hall–Kier alpha value is -2.22. The SMILES string of the molecule is Cc1ccc(F)cc1S(=O)(=O)Nc1c(N)cc(F)cc1F. The lowest BCUT2D eigenvalue weighted by atomic mass is 10.2. The van der Waals surface area contributed by atoms with E-state index in [4.69, 9.17) is 5.73 Å². The standard InChI is InChI=1S/C13H11F3N2O2S/c1-7-2-3-8(14)6-12(7)21(19,20)18-13-10(16)4-9(15)5-11(13)17/h2-6,18H,17H2,1H3. The number of hydrogen-bond donors (Lipinski definition) is 2. The maximum absolute atomic E-state index is 13.6. The van der Waals surface area contributed by atoms with Gasteiger partial charge in [-0.2, -0.15) is 0 Å². The molecule has 0 amide bonds. The maximum atomic E-state index is 13.6. The predicted octanol–water partition coefficient (Wildman–Crippen LogP) is 2.80. The monoisotopic (exact) mass is 316 g/mol. The van der Waals surface area contributed by atoms with Crippen molar-refractivity contribution in [2.75, 3.05) is 10.5 Å². The van der Waals surface area contributed by atoms with E-state index in [0.29, 0.717) is 6.07 Å². The first-order valence-corrected chi connectivity index (χ1v) is 7.22. The van der Waals surface area contributed by atoms with Gasteiger partial charge in [0, 0.05) is 6.07 Å². The third-order valence-electron chi connectivity index (χ3n) is 2.76. The number of benzene rings is 2. The van der Waals surface area contributed by atoms with Gasteiger partial charge in [-0.1, -0.05) is 6.07 Å². The van der Waals surface area contributed by atoms with Gasteiger partial charge in [0.25, 0.3) is 10.0 Å². The first-order chi connectivity index (χ1) is 9.70. The highest BCUT2D eigenvalue weighted by atomic mass is 32.2. The number of nitrogen functional groups attached to an aromatic ring is 1. The number of nitrogens with two attached hydrogens (primary N) is 1. The number of hydrogen-bond acceptors (Lipinski definition) is 3. The Balaban J connectivity index is 2.50. The number of sulfonamides is 1. The molecule has 0 saturated carbocycles. The third kappa shape index (κ3) is 3.10. The first kappa shape index (κ1) is 15.2. The van der Waals surface area contributed by atoms with Gasteiger partial charge in [-0.05, 0) is 30.7 Å². The highest BCUT2D eigenvalue weighted by Gasteiger charge is 2.21. The summed E-state index contributed by atoms with van der Waals surface area (Å²) in [5, 5.41) is 0. The van der Waals surface area contributed by atoms with Crippen LogP contribution >= 0.6 is 0 Å². The van der Waals surface area contributed by atoms with Gasteiger partial charge in [0.2, 0.25) is 0 Å². The van der Waals surface area contributed by atoms with Crippen LogP contribution in [0.15, 0.2) is 35.2 Å². The molecule has 0 aliphatic rings. The van der Waals surface area contributed by atoms with E-state index in [9.17, 15) is 21.6 Å². The summed E-state index contributed by atoms with van der Waals surface area (Å²) in [5.41, 5.74) is 4.67. The molecule has 0 fully saturated rings. The van der Waals surface area contributed by atoms with Crippen LogP contribution in [0, 0.1) is 24.4 Å². The van der Waals surface area contributed by atoms with E-state index in [-0.39, 0.29) is 10.5 Å². The van der Waals surface area contributed by atoms with Crippen LogP contribution < -0.4 is 10.5 Å². The summed E-state index contributed by atoms with van der Waals surface area (Å²) < 4.78 is 66.0. The molecule has 0 bridgehead atoms. The van der Waals surface area contributed by atoms with Crippen LogP contribution in [0.4, 0.5) is 24.5 Å². The second-order valence-corrected chi connectivity index (χ2v) is 6.02.